The van der Waals surface area contributed by atoms with Gasteiger partial charge in [0.15, 0.2) is 0 Å². The average molecular weight is 369 g/mol. The number of hydrogen-bond donors (Lipinski definition) is 1. The molecule has 1 N–H and O–H groups in total. The van der Waals surface area contributed by atoms with Crippen LogP contribution in [0.5, 0.6) is 0 Å². The molecule has 7 nitrogen and oxygen atoms in total. The molecule has 1 aromatic carbocycles. The molecule has 0 radical (unpaired) electrons. The number of alkyl halides is 8. The monoisotopic (exact) mass is 369 g/mol. The average Bonchev–Trinajstić information content (AvgIpc) is 2.34. The Bertz CT molecular complexity index is 685. The maximum atomic E-state index is 12.9. The van der Waals surface area contributed by atoms with Crippen molar-refractivity contribution in [3.05, 3.63) is 37.9 Å². The lowest BCUT2D eigenvalue weighted by Gasteiger charge is -2.23. The minimum atomic E-state index is -6.38. The molecular formula is C9H3F8N3O4. The summed E-state index contributed by atoms with van der Waals surface area (Å²) >= 11 is 0. The summed E-state index contributed by atoms with van der Waals surface area (Å²) in [5.74, 6) is 0. The molecular weight excluding hydrogens is 366 g/mol. The fourth-order valence-electron chi connectivity index (χ4n) is 1.44. The van der Waals surface area contributed by atoms with E-state index in [-0.39, 0.29) is 11.4 Å². The van der Waals surface area contributed by atoms with Crippen LogP contribution in [-0.4, -0.2) is 22.1 Å². The molecule has 0 unspecified atom stereocenters. The first-order valence-corrected chi connectivity index (χ1v) is 5.34. The van der Waals surface area contributed by atoms with Crippen molar-refractivity contribution in [2.75, 3.05) is 5.32 Å². The van der Waals surface area contributed by atoms with Gasteiger partial charge in [-0.25, -0.2) is 0 Å². The van der Waals surface area contributed by atoms with Gasteiger partial charge in [0.2, 0.25) is 0 Å². The van der Waals surface area contributed by atoms with Crippen LogP contribution >= 0.6 is 0 Å². The van der Waals surface area contributed by atoms with Crippen molar-refractivity contribution >= 4 is 17.1 Å². The molecule has 0 aliphatic heterocycles. The molecule has 0 bridgehead atoms. The third-order valence-corrected chi connectivity index (χ3v) is 2.45. The summed E-state index contributed by atoms with van der Waals surface area (Å²) in [6, 6.07) is -6.54. The van der Waals surface area contributed by atoms with Gasteiger partial charge in [-0.3, -0.25) is 20.2 Å². The van der Waals surface area contributed by atoms with Crippen LogP contribution in [0, 0.1) is 20.2 Å². The first-order valence-electron chi connectivity index (χ1n) is 5.34. The Labute approximate surface area is 125 Å². The summed E-state index contributed by atoms with van der Waals surface area (Å²) in [6.07, 6.45) is -12.1. The topological polar surface area (TPSA) is 98.3 Å². The lowest BCUT2D eigenvalue weighted by molar-refractivity contribution is -0.394. The lowest BCUT2D eigenvalue weighted by Crippen LogP contribution is -2.44. The lowest BCUT2D eigenvalue weighted by atomic mass is 10.1. The van der Waals surface area contributed by atoms with Gasteiger partial charge in [0.25, 0.3) is 11.4 Å². The van der Waals surface area contributed by atoms with Crippen LogP contribution in [0.3, 0.4) is 0 Å². The van der Waals surface area contributed by atoms with Crippen molar-refractivity contribution in [3.63, 3.8) is 0 Å². The Hall–Kier alpha value is -2.74. The van der Waals surface area contributed by atoms with Gasteiger partial charge < -0.3 is 5.32 Å². The van der Waals surface area contributed by atoms with E-state index in [9.17, 15) is 55.4 Å². The molecule has 134 valence electrons. The van der Waals surface area contributed by atoms with E-state index < -0.39 is 56.9 Å². The maximum absolute atomic E-state index is 12.9. The standard InChI is InChI=1S/C9H3F8N3O4/c10-7(11,12)4-1-3(19(21)22)2-5(20(23)24)6(4)18-9(16,17)8(13,14)15/h1-2,18H. The fourth-order valence-corrected chi connectivity index (χ4v) is 1.44. The molecule has 0 fully saturated rings. The maximum Gasteiger partial charge on any atom is 0.475 e. The summed E-state index contributed by atoms with van der Waals surface area (Å²) in [5, 5.41) is 21.2. The number of anilines is 1. The van der Waals surface area contributed by atoms with Crippen LogP contribution in [0.1, 0.15) is 5.56 Å². The zero-order chi connectivity index (χ0) is 19.1. The van der Waals surface area contributed by atoms with E-state index in [1.165, 1.54) is 0 Å². The zero-order valence-electron chi connectivity index (χ0n) is 10.7. The minimum Gasteiger partial charge on any atom is -0.313 e. The number of nitro benzene ring substituents is 2. The van der Waals surface area contributed by atoms with Gasteiger partial charge in [-0.1, -0.05) is 0 Å². The Balaban J connectivity index is 3.74. The van der Waals surface area contributed by atoms with Crippen LogP contribution in [0.2, 0.25) is 0 Å². The van der Waals surface area contributed by atoms with E-state index in [0.29, 0.717) is 0 Å². The van der Waals surface area contributed by atoms with E-state index >= 15 is 0 Å². The van der Waals surface area contributed by atoms with Crippen LogP contribution in [0.4, 0.5) is 52.2 Å². The summed E-state index contributed by atoms with van der Waals surface area (Å²) in [6.45, 7) is 0. The molecule has 0 aromatic heterocycles. The normalized spacial score (nSPS) is 12.8. The van der Waals surface area contributed by atoms with Crippen molar-refractivity contribution in [3.8, 4) is 0 Å². The van der Waals surface area contributed by atoms with E-state index in [2.05, 4.69) is 0 Å². The van der Waals surface area contributed by atoms with Crippen molar-refractivity contribution < 1.29 is 45.0 Å². The highest BCUT2D eigenvalue weighted by Crippen LogP contribution is 2.46. The number of benzene rings is 1. The molecule has 0 amide bonds. The van der Waals surface area contributed by atoms with E-state index in [0.717, 1.165) is 0 Å². The van der Waals surface area contributed by atoms with E-state index in [1.807, 2.05) is 0 Å². The molecule has 0 aliphatic rings. The summed E-state index contributed by atoms with van der Waals surface area (Å²) in [7, 11) is 0. The van der Waals surface area contributed by atoms with Crippen molar-refractivity contribution in [1.82, 2.24) is 0 Å². The third-order valence-electron chi connectivity index (χ3n) is 2.45. The van der Waals surface area contributed by atoms with Gasteiger partial charge in [0.05, 0.1) is 21.5 Å². The van der Waals surface area contributed by atoms with Gasteiger partial charge in [0.1, 0.15) is 5.69 Å². The molecule has 0 saturated heterocycles. The molecule has 0 aliphatic carbocycles. The van der Waals surface area contributed by atoms with Crippen LogP contribution in [0.25, 0.3) is 0 Å². The Morgan fingerprint density at radius 2 is 1.38 bits per heavy atom. The predicted molar refractivity (Wildman–Crippen MR) is 59.4 cm³/mol. The number of nitrogens with one attached hydrogen (secondary N) is 1. The van der Waals surface area contributed by atoms with Crippen molar-refractivity contribution in [2.45, 2.75) is 18.4 Å². The van der Waals surface area contributed by atoms with Gasteiger partial charge in [-0.2, -0.15) is 35.1 Å². The van der Waals surface area contributed by atoms with Gasteiger partial charge >= 0.3 is 18.4 Å². The highest BCUT2D eigenvalue weighted by atomic mass is 19.4. The second-order valence-electron chi connectivity index (χ2n) is 4.10. The fraction of sp³-hybridized carbons (Fsp3) is 0.333. The third kappa shape index (κ3) is 3.77. The largest absolute Gasteiger partial charge is 0.475 e. The number of halogens is 8. The molecule has 1 aromatic rings. The van der Waals surface area contributed by atoms with Crippen LogP contribution < -0.4 is 5.32 Å². The molecule has 0 spiro atoms. The highest BCUT2D eigenvalue weighted by Gasteiger charge is 2.59. The van der Waals surface area contributed by atoms with Crippen LogP contribution in [0.15, 0.2) is 12.1 Å². The second kappa shape index (κ2) is 5.72. The predicted octanol–water partition coefficient (Wildman–Crippen LogP) is 4.09. The first-order chi connectivity index (χ1) is 10.6. The molecule has 24 heavy (non-hydrogen) atoms. The number of nitrogens with zero attached hydrogens (tertiary/aromatic N) is 2. The number of hydrogen-bond acceptors (Lipinski definition) is 5. The molecule has 0 atom stereocenters. The highest BCUT2D eigenvalue weighted by molar-refractivity contribution is 5.71. The van der Waals surface area contributed by atoms with E-state index in [4.69, 9.17) is 0 Å². The molecule has 1 rings (SSSR count). The second-order valence-corrected chi connectivity index (χ2v) is 4.10. The first kappa shape index (κ1) is 19.3. The summed E-state index contributed by atoms with van der Waals surface area (Å²) in [5.41, 5.74) is -8.16. The smallest absolute Gasteiger partial charge is 0.313 e. The SMILES string of the molecule is O=[N+]([O-])c1cc([N+](=O)[O-])c(NC(F)(F)C(F)(F)F)c(C(F)(F)F)c1. The number of nitro groups is 2. The quantitative estimate of drug-likeness (QED) is 0.373. The minimum absolute atomic E-state index is 0.107. The van der Waals surface area contributed by atoms with Gasteiger partial charge in [0, 0.05) is 6.07 Å². The zero-order valence-corrected chi connectivity index (χ0v) is 10.7. The van der Waals surface area contributed by atoms with E-state index in [1.54, 1.807) is 0 Å². The number of rotatable bonds is 4. The molecule has 0 saturated carbocycles. The molecule has 0 heterocycles. The number of non-ortho nitro benzene ring substituents is 1. The van der Waals surface area contributed by atoms with Gasteiger partial charge in [-0.05, 0) is 0 Å². The molecule has 15 heteroatoms. The van der Waals surface area contributed by atoms with Crippen molar-refractivity contribution in [1.29, 1.82) is 0 Å². The Morgan fingerprint density at radius 1 is 0.875 bits per heavy atom. The summed E-state index contributed by atoms with van der Waals surface area (Å²) < 4.78 is 101. The Kier molecular flexibility index (Phi) is 4.60. The van der Waals surface area contributed by atoms with Crippen molar-refractivity contribution in [2.24, 2.45) is 0 Å². The Morgan fingerprint density at radius 3 is 1.71 bits per heavy atom. The van der Waals surface area contributed by atoms with Crippen LogP contribution in [-0.2, 0) is 6.18 Å². The van der Waals surface area contributed by atoms with Gasteiger partial charge in [-0.15, -0.1) is 0 Å². The summed E-state index contributed by atoms with van der Waals surface area (Å²) in [4.78, 5) is 17.9.